The van der Waals surface area contributed by atoms with Gasteiger partial charge in [-0.25, -0.2) is 0 Å². The average Bonchev–Trinajstić information content (AvgIpc) is 3.20. The minimum atomic E-state index is -0.313. The van der Waals surface area contributed by atoms with Crippen LogP contribution in [0.4, 0.5) is 0 Å². The first-order chi connectivity index (χ1) is 27.6. The highest BCUT2D eigenvalue weighted by atomic mass is 16.6. The Bertz CT molecular complexity index is 848. The molecule has 0 saturated heterocycles. The highest BCUT2D eigenvalue weighted by Crippen LogP contribution is 2.17. The van der Waals surface area contributed by atoms with Gasteiger partial charge in [-0.15, -0.1) is 0 Å². The molecule has 0 N–H and O–H groups in total. The lowest BCUT2D eigenvalue weighted by atomic mass is 10.0. The van der Waals surface area contributed by atoms with Crippen LogP contribution in [0, 0.1) is 0 Å². The fourth-order valence-electron chi connectivity index (χ4n) is 7.57. The number of ether oxygens (including phenoxy) is 2. The number of unbranched alkanes of at least 4 members (excludes halogenated alkanes) is 33. The van der Waals surface area contributed by atoms with Crippen LogP contribution in [0.5, 0.6) is 0 Å². The van der Waals surface area contributed by atoms with Crippen molar-refractivity contribution in [1.29, 1.82) is 0 Å². The Morgan fingerprint density at radius 1 is 0.357 bits per heavy atom. The first-order valence-electron chi connectivity index (χ1n) is 25.3. The van der Waals surface area contributed by atoms with E-state index in [9.17, 15) is 9.59 Å². The zero-order valence-electron chi connectivity index (χ0n) is 38.2. The van der Waals surface area contributed by atoms with E-state index in [0.29, 0.717) is 12.8 Å². The van der Waals surface area contributed by atoms with Gasteiger partial charge in [-0.1, -0.05) is 218 Å². The fraction of sp³-hybridized carbons (Fsp3) is 0.885. The second-order valence-electron chi connectivity index (χ2n) is 17.1. The molecule has 0 spiro atoms. The summed E-state index contributed by atoms with van der Waals surface area (Å²) in [5, 5.41) is 0. The zero-order valence-corrected chi connectivity index (χ0v) is 38.2. The third-order valence-electron chi connectivity index (χ3n) is 11.4. The summed E-state index contributed by atoms with van der Waals surface area (Å²) in [5.74, 6) is -0.268. The van der Waals surface area contributed by atoms with Crippen LogP contribution < -0.4 is 0 Å². The highest BCUT2D eigenvalue weighted by molar-refractivity contribution is 5.70. The highest BCUT2D eigenvalue weighted by Gasteiger charge is 2.17. The molecule has 56 heavy (non-hydrogen) atoms. The van der Waals surface area contributed by atoms with Gasteiger partial charge in [0.1, 0.15) is 12.7 Å². The molecule has 4 heteroatoms. The largest absolute Gasteiger partial charge is 0.462 e. The minimum absolute atomic E-state index is 0.125. The van der Waals surface area contributed by atoms with Crippen LogP contribution in [0.2, 0.25) is 0 Å². The normalized spacial score (nSPS) is 12.3. The number of carbonyl (C=O) groups excluding carboxylic acids is 2. The van der Waals surface area contributed by atoms with Crippen molar-refractivity contribution >= 4 is 11.9 Å². The quantitative estimate of drug-likeness (QED) is 0.0350. The first kappa shape index (κ1) is 54.4. The maximum atomic E-state index is 12.8. The van der Waals surface area contributed by atoms with Gasteiger partial charge in [-0.2, -0.15) is 0 Å². The number of hydrogen-bond acceptors (Lipinski definition) is 4. The van der Waals surface area contributed by atoms with Gasteiger partial charge in [0.05, 0.1) is 0 Å². The second-order valence-corrected chi connectivity index (χ2v) is 17.1. The summed E-state index contributed by atoms with van der Waals surface area (Å²) < 4.78 is 11.6. The third-order valence-corrected chi connectivity index (χ3v) is 11.4. The lowest BCUT2D eigenvalue weighted by Crippen LogP contribution is -2.25. The summed E-state index contributed by atoms with van der Waals surface area (Å²) in [4.78, 5) is 25.4. The molecule has 0 aliphatic carbocycles. The summed E-state index contributed by atoms with van der Waals surface area (Å²) in [5.41, 5.74) is 0. The van der Waals surface area contributed by atoms with Gasteiger partial charge >= 0.3 is 11.9 Å². The molecule has 1 unspecified atom stereocenters. The fourth-order valence-corrected chi connectivity index (χ4v) is 7.57. The molecule has 0 aliphatic heterocycles. The Morgan fingerprint density at radius 2 is 0.643 bits per heavy atom. The Labute approximate surface area is 351 Å². The summed E-state index contributed by atoms with van der Waals surface area (Å²) >= 11 is 0. The van der Waals surface area contributed by atoms with Crippen molar-refractivity contribution in [2.24, 2.45) is 0 Å². The Morgan fingerprint density at radius 3 is 1.00 bits per heavy atom. The standard InChI is InChI=1S/C52H98O4/c1-4-7-10-13-16-19-22-25-27-29-32-35-38-41-44-47-51(53)55-49-50(46-43-40-37-34-31-24-21-18-15-12-9-6-3)56-52(54)48-45-42-39-36-33-30-28-26-23-20-17-14-11-8-5-2/h25-28,50H,4-24,29-49H2,1-3H3. The van der Waals surface area contributed by atoms with Crippen LogP contribution in [0.3, 0.4) is 0 Å². The minimum Gasteiger partial charge on any atom is -0.462 e. The van der Waals surface area contributed by atoms with E-state index in [1.807, 2.05) is 0 Å². The molecule has 0 aliphatic rings. The van der Waals surface area contributed by atoms with Crippen molar-refractivity contribution in [1.82, 2.24) is 0 Å². The molecule has 0 rings (SSSR count). The molecular formula is C52H98O4. The Balaban J connectivity index is 4.22. The molecule has 330 valence electrons. The number of esters is 2. The van der Waals surface area contributed by atoms with E-state index >= 15 is 0 Å². The van der Waals surface area contributed by atoms with Crippen molar-refractivity contribution in [3.05, 3.63) is 24.3 Å². The maximum absolute atomic E-state index is 12.8. The summed E-state index contributed by atoms with van der Waals surface area (Å²) in [6.07, 6.45) is 58.9. The molecule has 1 atom stereocenters. The second kappa shape index (κ2) is 47.8. The lowest BCUT2D eigenvalue weighted by Gasteiger charge is -2.18. The maximum Gasteiger partial charge on any atom is 0.306 e. The molecule has 0 aromatic carbocycles. The van der Waals surface area contributed by atoms with E-state index in [1.165, 1.54) is 205 Å². The van der Waals surface area contributed by atoms with Crippen molar-refractivity contribution in [3.63, 3.8) is 0 Å². The smallest absolute Gasteiger partial charge is 0.306 e. The molecule has 0 heterocycles. The van der Waals surface area contributed by atoms with Gasteiger partial charge in [-0.3, -0.25) is 9.59 Å². The predicted octanol–water partition coefficient (Wildman–Crippen LogP) is 17.6. The Hall–Kier alpha value is -1.58. The summed E-state index contributed by atoms with van der Waals surface area (Å²) in [7, 11) is 0. The van der Waals surface area contributed by atoms with E-state index in [0.717, 1.165) is 44.9 Å². The van der Waals surface area contributed by atoms with Crippen LogP contribution in [-0.4, -0.2) is 24.6 Å². The molecule has 0 amide bonds. The molecular weight excluding hydrogens is 689 g/mol. The number of hydrogen-bond donors (Lipinski definition) is 0. The van der Waals surface area contributed by atoms with E-state index in [2.05, 4.69) is 45.1 Å². The van der Waals surface area contributed by atoms with Crippen molar-refractivity contribution in [2.75, 3.05) is 6.61 Å². The zero-order chi connectivity index (χ0) is 40.7. The summed E-state index contributed by atoms with van der Waals surface area (Å²) in [6, 6.07) is 0. The van der Waals surface area contributed by atoms with Crippen LogP contribution >= 0.6 is 0 Å². The van der Waals surface area contributed by atoms with Gasteiger partial charge in [-0.05, 0) is 77.0 Å². The lowest BCUT2D eigenvalue weighted by molar-refractivity contribution is -0.159. The van der Waals surface area contributed by atoms with E-state index in [4.69, 9.17) is 9.47 Å². The van der Waals surface area contributed by atoms with Crippen LogP contribution in [0.15, 0.2) is 24.3 Å². The van der Waals surface area contributed by atoms with Gasteiger partial charge in [0.15, 0.2) is 0 Å². The van der Waals surface area contributed by atoms with E-state index < -0.39 is 0 Å². The van der Waals surface area contributed by atoms with Crippen LogP contribution in [0.1, 0.15) is 284 Å². The molecule has 0 bridgehead atoms. The molecule has 0 radical (unpaired) electrons. The average molecular weight is 787 g/mol. The molecule has 0 fully saturated rings. The Kier molecular flexibility index (Phi) is 46.4. The number of carbonyl (C=O) groups is 2. The number of allylic oxidation sites excluding steroid dienone is 4. The van der Waals surface area contributed by atoms with Gasteiger partial charge in [0.25, 0.3) is 0 Å². The topological polar surface area (TPSA) is 52.6 Å². The van der Waals surface area contributed by atoms with E-state index in [-0.39, 0.29) is 24.6 Å². The molecule has 0 aromatic rings. The SMILES string of the molecule is CCCCCCCCC=CCCCCCCCC(=O)OCC(CCCCCCCCCCCCCC)OC(=O)CCCCCCCC=CCCCCCCCC. The molecule has 0 saturated carbocycles. The van der Waals surface area contributed by atoms with Crippen LogP contribution in [0.25, 0.3) is 0 Å². The van der Waals surface area contributed by atoms with Gasteiger partial charge in [0.2, 0.25) is 0 Å². The first-order valence-corrected chi connectivity index (χ1v) is 25.3. The number of rotatable bonds is 46. The van der Waals surface area contributed by atoms with Gasteiger partial charge < -0.3 is 9.47 Å². The third kappa shape index (κ3) is 45.1. The van der Waals surface area contributed by atoms with Gasteiger partial charge in [0, 0.05) is 12.8 Å². The van der Waals surface area contributed by atoms with Crippen molar-refractivity contribution in [2.45, 2.75) is 290 Å². The van der Waals surface area contributed by atoms with E-state index in [1.54, 1.807) is 0 Å². The monoisotopic (exact) mass is 787 g/mol. The molecule has 4 nitrogen and oxygen atoms in total. The van der Waals surface area contributed by atoms with Crippen LogP contribution in [-0.2, 0) is 19.1 Å². The van der Waals surface area contributed by atoms with Crippen molar-refractivity contribution in [3.8, 4) is 0 Å². The summed E-state index contributed by atoms with van der Waals surface area (Å²) in [6.45, 7) is 7.03. The van der Waals surface area contributed by atoms with Crippen molar-refractivity contribution < 1.29 is 19.1 Å². The molecule has 0 aromatic heterocycles. The predicted molar refractivity (Wildman–Crippen MR) is 245 cm³/mol.